The number of carboxylic acid groups (broad SMARTS) is 1. The maximum absolute atomic E-state index is 13.6. The van der Waals surface area contributed by atoms with E-state index in [0.717, 1.165) is 12.8 Å². The number of benzene rings is 1. The van der Waals surface area contributed by atoms with Crippen LogP contribution in [0.5, 0.6) is 0 Å². The molecule has 0 saturated heterocycles. The monoisotopic (exact) mass is 265 g/mol. The summed E-state index contributed by atoms with van der Waals surface area (Å²) < 4.78 is 13.6. The van der Waals surface area contributed by atoms with Crippen LogP contribution in [0.2, 0.25) is 0 Å². The molecule has 0 radical (unpaired) electrons. The van der Waals surface area contributed by atoms with Crippen LogP contribution >= 0.6 is 0 Å². The molecule has 2 N–H and O–H groups in total. The maximum atomic E-state index is 13.6. The van der Waals surface area contributed by atoms with Gasteiger partial charge in [-0.15, -0.1) is 0 Å². The molecule has 3 nitrogen and oxygen atoms in total. The lowest BCUT2D eigenvalue weighted by Gasteiger charge is -2.29. The van der Waals surface area contributed by atoms with Crippen molar-refractivity contribution in [2.75, 3.05) is 0 Å². The molecule has 1 saturated carbocycles. The third kappa shape index (κ3) is 3.53. The minimum Gasteiger partial charge on any atom is -0.481 e. The van der Waals surface area contributed by atoms with Crippen LogP contribution in [0.25, 0.3) is 0 Å². The van der Waals surface area contributed by atoms with E-state index in [2.05, 4.69) is 5.32 Å². The first kappa shape index (κ1) is 14.0. The van der Waals surface area contributed by atoms with Crippen molar-refractivity contribution in [2.45, 2.75) is 44.7 Å². The molecule has 1 aliphatic carbocycles. The summed E-state index contributed by atoms with van der Waals surface area (Å²) in [5.41, 5.74) is 0.669. The molecule has 1 unspecified atom stereocenters. The lowest BCUT2D eigenvalue weighted by Crippen LogP contribution is -2.36. The predicted molar refractivity (Wildman–Crippen MR) is 71.3 cm³/mol. The molecular weight excluding hydrogens is 245 g/mol. The first-order valence-electron chi connectivity index (χ1n) is 6.81. The Bertz CT molecular complexity index is 442. The highest BCUT2D eigenvalue weighted by atomic mass is 19.1. The van der Waals surface area contributed by atoms with Crippen LogP contribution in [0, 0.1) is 11.7 Å². The van der Waals surface area contributed by atoms with E-state index in [9.17, 15) is 9.18 Å². The number of hydrogen-bond donors (Lipinski definition) is 2. The Morgan fingerprint density at radius 3 is 2.53 bits per heavy atom. The van der Waals surface area contributed by atoms with E-state index in [1.54, 1.807) is 12.1 Å². The van der Waals surface area contributed by atoms with E-state index in [1.807, 2.05) is 13.0 Å². The molecule has 2 rings (SSSR count). The van der Waals surface area contributed by atoms with E-state index in [4.69, 9.17) is 5.11 Å². The van der Waals surface area contributed by atoms with Crippen molar-refractivity contribution in [2.24, 2.45) is 5.92 Å². The highest BCUT2D eigenvalue weighted by Gasteiger charge is 2.26. The average molecular weight is 265 g/mol. The van der Waals surface area contributed by atoms with Gasteiger partial charge in [0.25, 0.3) is 0 Å². The number of rotatable bonds is 4. The van der Waals surface area contributed by atoms with Gasteiger partial charge in [0, 0.05) is 17.6 Å². The molecule has 1 aromatic carbocycles. The Labute approximate surface area is 112 Å². The molecule has 0 aliphatic heterocycles. The zero-order valence-electron chi connectivity index (χ0n) is 11.1. The van der Waals surface area contributed by atoms with Crippen molar-refractivity contribution in [1.29, 1.82) is 0 Å². The zero-order valence-corrected chi connectivity index (χ0v) is 11.1. The molecular formula is C15H20FNO2. The van der Waals surface area contributed by atoms with Gasteiger partial charge >= 0.3 is 5.97 Å². The first-order valence-corrected chi connectivity index (χ1v) is 6.81. The molecule has 1 aliphatic rings. The largest absolute Gasteiger partial charge is 0.481 e. The number of nitrogens with one attached hydrogen (secondary N) is 1. The highest BCUT2D eigenvalue weighted by Crippen LogP contribution is 2.26. The van der Waals surface area contributed by atoms with E-state index in [1.165, 1.54) is 6.07 Å². The van der Waals surface area contributed by atoms with Crippen LogP contribution in [-0.4, -0.2) is 17.1 Å². The second kappa shape index (κ2) is 6.15. The van der Waals surface area contributed by atoms with Crippen molar-refractivity contribution in [1.82, 2.24) is 5.32 Å². The number of hydrogen-bond acceptors (Lipinski definition) is 2. The topological polar surface area (TPSA) is 49.3 Å². The van der Waals surface area contributed by atoms with Crippen LogP contribution in [0.15, 0.2) is 24.3 Å². The van der Waals surface area contributed by atoms with Crippen molar-refractivity contribution in [3.8, 4) is 0 Å². The molecule has 104 valence electrons. The lowest BCUT2D eigenvalue weighted by molar-refractivity contribution is -0.142. The molecule has 0 bridgehead atoms. The molecule has 0 spiro atoms. The van der Waals surface area contributed by atoms with Crippen molar-refractivity contribution >= 4 is 5.97 Å². The fourth-order valence-electron chi connectivity index (χ4n) is 2.78. The van der Waals surface area contributed by atoms with Gasteiger partial charge < -0.3 is 10.4 Å². The molecule has 0 aromatic heterocycles. The first-order chi connectivity index (χ1) is 9.08. The van der Waals surface area contributed by atoms with Gasteiger partial charge in [0.2, 0.25) is 0 Å². The summed E-state index contributed by atoms with van der Waals surface area (Å²) in [6.45, 7) is 1.95. The van der Waals surface area contributed by atoms with Gasteiger partial charge in [-0.1, -0.05) is 18.2 Å². The molecule has 0 heterocycles. The van der Waals surface area contributed by atoms with Gasteiger partial charge in [0.15, 0.2) is 0 Å². The van der Waals surface area contributed by atoms with Crippen molar-refractivity contribution in [3.05, 3.63) is 35.6 Å². The van der Waals surface area contributed by atoms with Gasteiger partial charge in [-0.05, 0) is 38.7 Å². The number of aliphatic carboxylic acids is 1. The molecule has 19 heavy (non-hydrogen) atoms. The normalized spacial score (nSPS) is 24.9. The Hall–Kier alpha value is -1.42. The SMILES string of the molecule is CC(NC1CCC(C(=O)O)CC1)c1ccccc1F. The average Bonchev–Trinajstić information content (AvgIpc) is 2.39. The van der Waals surface area contributed by atoms with Crippen LogP contribution in [0.4, 0.5) is 4.39 Å². The fraction of sp³-hybridized carbons (Fsp3) is 0.533. The second-order valence-corrected chi connectivity index (χ2v) is 5.30. The Kier molecular flexibility index (Phi) is 4.53. The smallest absolute Gasteiger partial charge is 0.306 e. The Balaban J connectivity index is 1.89. The second-order valence-electron chi connectivity index (χ2n) is 5.30. The van der Waals surface area contributed by atoms with Crippen LogP contribution in [0.1, 0.15) is 44.2 Å². The summed E-state index contributed by atoms with van der Waals surface area (Å²) in [5.74, 6) is -1.09. The molecule has 1 atom stereocenters. The van der Waals surface area contributed by atoms with Gasteiger partial charge in [-0.25, -0.2) is 4.39 Å². The van der Waals surface area contributed by atoms with E-state index < -0.39 is 5.97 Å². The van der Waals surface area contributed by atoms with Gasteiger partial charge in [-0.3, -0.25) is 4.79 Å². The summed E-state index contributed by atoms with van der Waals surface area (Å²) >= 11 is 0. The minimum absolute atomic E-state index is 0.0485. The summed E-state index contributed by atoms with van der Waals surface area (Å²) in [4.78, 5) is 10.9. The van der Waals surface area contributed by atoms with E-state index in [0.29, 0.717) is 18.4 Å². The highest BCUT2D eigenvalue weighted by molar-refractivity contribution is 5.70. The zero-order chi connectivity index (χ0) is 13.8. The predicted octanol–water partition coefficient (Wildman–Crippen LogP) is 3.12. The van der Waals surface area contributed by atoms with Gasteiger partial charge in [0.05, 0.1) is 5.92 Å². The maximum Gasteiger partial charge on any atom is 0.306 e. The molecule has 4 heteroatoms. The van der Waals surface area contributed by atoms with Crippen LogP contribution in [0.3, 0.4) is 0 Å². The summed E-state index contributed by atoms with van der Waals surface area (Å²) in [7, 11) is 0. The van der Waals surface area contributed by atoms with E-state index >= 15 is 0 Å². The number of carboxylic acids is 1. The summed E-state index contributed by atoms with van der Waals surface area (Å²) in [6, 6.07) is 7.00. The fourth-order valence-corrected chi connectivity index (χ4v) is 2.78. The molecule has 0 amide bonds. The standard InChI is InChI=1S/C15H20FNO2/c1-10(13-4-2-3-5-14(13)16)17-12-8-6-11(7-9-12)15(18)19/h2-5,10-12,17H,6-9H2,1H3,(H,18,19). The summed E-state index contributed by atoms with van der Waals surface area (Å²) in [5, 5.41) is 12.4. The van der Waals surface area contributed by atoms with Gasteiger partial charge in [0.1, 0.15) is 5.82 Å². The molecule has 1 aromatic rings. The number of carbonyl (C=O) groups is 1. The van der Waals surface area contributed by atoms with E-state index in [-0.39, 0.29) is 23.8 Å². The van der Waals surface area contributed by atoms with Crippen molar-refractivity contribution in [3.63, 3.8) is 0 Å². The quantitative estimate of drug-likeness (QED) is 0.879. The Morgan fingerprint density at radius 2 is 1.95 bits per heavy atom. The van der Waals surface area contributed by atoms with Crippen LogP contribution in [-0.2, 0) is 4.79 Å². The molecule has 1 fully saturated rings. The lowest BCUT2D eigenvalue weighted by atomic mass is 9.85. The Morgan fingerprint density at radius 1 is 1.32 bits per heavy atom. The third-order valence-electron chi connectivity index (χ3n) is 3.93. The minimum atomic E-state index is -0.694. The van der Waals surface area contributed by atoms with Crippen LogP contribution < -0.4 is 5.32 Å². The van der Waals surface area contributed by atoms with Crippen molar-refractivity contribution < 1.29 is 14.3 Å². The summed E-state index contributed by atoms with van der Waals surface area (Å²) in [6.07, 6.45) is 3.10. The van der Waals surface area contributed by atoms with Gasteiger partial charge in [-0.2, -0.15) is 0 Å². The third-order valence-corrected chi connectivity index (χ3v) is 3.93. The number of halogens is 1.